The maximum Gasteiger partial charge on any atom is 0.264 e. The maximum atomic E-state index is 13.4. The maximum absolute atomic E-state index is 13.4. The van der Waals surface area contributed by atoms with Gasteiger partial charge >= 0.3 is 0 Å². The Hall–Kier alpha value is -4.26. The lowest BCUT2D eigenvalue weighted by Gasteiger charge is -2.24. The molecule has 4 aromatic rings. The quantitative estimate of drug-likeness (QED) is 0.243. The number of anilines is 3. The van der Waals surface area contributed by atoms with Gasteiger partial charge in [0, 0.05) is 16.8 Å². The summed E-state index contributed by atoms with van der Waals surface area (Å²) in [4.78, 5) is 12.9. The average molecular weight is 616 g/mol. The molecule has 0 radical (unpaired) electrons. The Balaban J connectivity index is 1.52. The van der Waals surface area contributed by atoms with Crippen LogP contribution in [0, 0.1) is 0 Å². The lowest BCUT2D eigenvalue weighted by atomic mass is 10.3. The number of rotatable bonds is 11. The Kier molecular flexibility index (Phi) is 9.06. The molecule has 0 atom stereocenters. The summed E-state index contributed by atoms with van der Waals surface area (Å²) in [5.41, 5.74) is 0.695. The van der Waals surface area contributed by atoms with Crippen molar-refractivity contribution in [3.63, 3.8) is 0 Å². The molecule has 0 saturated carbocycles. The normalized spacial score (nSPS) is 11.4. The van der Waals surface area contributed by atoms with Crippen LogP contribution in [0.15, 0.2) is 107 Å². The van der Waals surface area contributed by atoms with Crippen LogP contribution in [-0.2, 0) is 24.8 Å². The van der Waals surface area contributed by atoms with Crippen molar-refractivity contribution >= 4 is 54.6 Å². The summed E-state index contributed by atoms with van der Waals surface area (Å²) in [5, 5.41) is 3.02. The highest BCUT2D eigenvalue weighted by molar-refractivity contribution is 7.93. The number of carbonyl (C=O) groups is 1. The van der Waals surface area contributed by atoms with Gasteiger partial charge in [-0.15, -0.1) is 0 Å². The lowest BCUT2D eigenvalue weighted by molar-refractivity contribution is -0.114. The van der Waals surface area contributed by atoms with Gasteiger partial charge in [0.05, 0.1) is 35.4 Å². The minimum atomic E-state index is -4.10. The van der Waals surface area contributed by atoms with Crippen LogP contribution in [0.5, 0.6) is 11.5 Å². The van der Waals surface area contributed by atoms with Gasteiger partial charge in [-0.25, -0.2) is 16.8 Å². The molecule has 0 bridgehead atoms. The summed E-state index contributed by atoms with van der Waals surface area (Å²) in [7, 11) is -5.25. The van der Waals surface area contributed by atoms with Crippen LogP contribution in [0.2, 0.25) is 5.02 Å². The molecule has 0 aliphatic carbocycles. The highest BCUT2D eigenvalue weighted by atomic mass is 35.5. The van der Waals surface area contributed by atoms with E-state index >= 15 is 0 Å². The zero-order valence-electron chi connectivity index (χ0n) is 21.9. The van der Waals surface area contributed by atoms with E-state index in [1.165, 1.54) is 80.9 Å². The molecule has 0 saturated heterocycles. The van der Waals surface area contributed by atoms with Crippen molar-refractivity contribution in [2.24, 2.45) is 0 Å². The first-order chi connectivity index (χ1) is 19.5. The minimum Gasteiger partial charge on any atom is -0.497 e. The summed E-state index contributed by atoms with van der Waals surface area (Å²) in [6.45, 7) is -0.546. The highest BCUT2D eigenvalue weighted by Crippen LogP contribution is 2.31. The van der Waals surface area contributed by atoms with Gasteiger partial charge in [-0.1, -0.05) is 29.8 Å². The molecule has 1 amide bonds. The summed E-state index contributed by atoms with van der Waals surface area (Å²) in [6, 6.07) is 23.9. The molecule has 41 heavy (non-hydrogen) atoms. The number of nitrogens with one attached hydrogen (secondary N) is 2. The topological polar surface area (TPSA) is 131 Å². The second-order valence-electron chi connectivity index (χ2n) is 8.55. The van der Waals surface area contributed by atoms with Crippen LogP contribution in [0.3, 0.4) is 0 Å². The van der Waals surface area contributed by atoms with E-state index in [1.807, 2.05) is 0 Å². The van der Waals surface area contributed by atoms with Crippen molar-refractivity contribution in [2.45, 2.75) is 9.79 Å². The van der Waals surface area contributed by atoms with Crippen LogP contribution >= 0.6 is 11.6 Å². The number of hydrogen-bond donors (Lipinski definition) is 2. The van der Waals surface area contributed by atoms with Gasteiger partial charge in [0.2, 0.25) is 5.91 Å². The number of sulfonamides is 2. The number of nitrogens with zero attached hydrogens (tertiary/aromatic N) is 1. The predicted octanol–water partition coefficient (Wildman–Crippen LogP) is 4.99. The van der Waals surface area contributed by atoms with Gasteiger partial charge < -0.3 is 14.8 Å². The highest BCUT2D eigenvalue weighted by Gasteiger charge is 2.27. The first-order valence-electron chi connectivity index (χ1n) is 12.0. The van der Waals surface area contributed by atoms with E-state index in [1.54, 1.807) is 30.3 Å². The lowest BCUT2D eigenvalue weighted by Crippen LogP contribution is -2.38. The van der Waals surface area contributed by atoms with Crippen molar-refractivity contribution in [1.82, 2.24) is 0 Å². The van der Waals surface area contributed by atoms with E-state index < -0.39 is 32.5 Å². The van der Waals surface area contributed by atoms with E-state index in [0.29, 0.717) is 16.5 Å². The molecule has 0 heterocycles. The third-order valence-electron chi connectivity index (χ3n) is 5.83. The molecule has 0 aromatic heterocycles. The van der Waals surface area contributed by atoms with Crippen molar-refractivity contribution in [3.8, 4) is 11.5 Å². The predicted molar refractivity (Wildman–Crippen MR) is 158 cm³/mol. The van der Waals surface area contributed by atoms with Crippen LogP contribution < -0.4 is 23.8 Å². The van der Waals surface area contributed by atoms with E-state index in [0.717, 1.165) is 4.31 Å². The van der Waals surface area contributed by atoms with Crippen molar-refractivity contribution in [1.29, 1.82) is 0 Å². The number of benzene rings is 4. The Labute approximate surface area is 243 Å². The molecule has 4 rings (SSSR count). The first-order valence-corrected chi connectivity index (χ1v) is 15.3. The van der Waals surface area contributed by atoms with Crippen LogP contribution in [-0.4, -0.2) is 43.5 Å². The fourth-order valence-corrected chi connectivity index (χ4v) is 6.42. The van der Waals surface area contributed by atoms with Gasteiger partial charge in [0.15, 0.2) is 0 Å². The zero-order valence-corrected chi connectivity index (χ0v) is 24.3. The van der Waals surface area contributed by atoms with E-state index in [4.69, 9.17) is 21.1 Å². The number of amides is 1. The van der Waals surface area contributed by atoms with Crippen LogP contribution in [0.25, 0.3) is 0 Å². The van der Waals surface area contributed by atoms with E-state index in [-0.39, 0.29) is 26.9 Å². The molecule has 0 aliphatic rings. The van der Waals surface area contributed by atoms with Gasteiger partial charge in [-0.3, -0.25) is 13.8 Å². The molecule has 10 nitrogen and oxygen atoms in total. The molecule has 4 aromatic carbocycles. The van der Waals surface area contributed by atoms with Gasteiger partial charge in [0.25, 0.3) is 20.0 Å². The average Bonchev–Trinajstić information content (AvgIpc) is 2.97. The number of ether oxygens (including phenoxy) is 2. The smallest absolute Gasteiger partial charge is 0.264 e. The van der Waals surface area contributed by atoms with Crippen molar-refractivity contribution < 1.29 is 31.1 Å². The third-order valence-corrected chi connectivity index (χ3v) is 9.25. The van der Waals surface area contributed by atoms with Crippen LogP contribution in [0.1, 0.15) is 0 Å². The molecule has 0 aliphatic heterocycles. The minimum absolute atomic E-state index is 0.0116. The molecule has 2 N–H and O–H groups in total. The number of halogens is 1. The number of carbonyl (C=O) groups excluding carboxylic acids is 1. The fraction of sp³-hybridized carbons (Fsp3) is 0.107. The molecule has 0 fully saturated rings. The molecule has 214 valence electrons. The molecule has 13 heteroatoms. The largest absolute Gasteiger partial charge is 0.497 e. The summed E-state index contributed by atoms with van der Waals surface area (Å²) >= 11 is 5.97. The van der Waals surface area contributed by atoms with Gasteiger partial charge in [-0.05, 0) is 72.8 Å². The van der Waals surface area contributed by atoms with Crippen molar-refractivity contribution in [2.75, 3.05) is 35.1 Å². The zero-order chi connectivity index (χ0) is 29.6. The Bertz CT molecular complexity index is 1730. The third kappa shape index (κ3) is 7.09. The second-order valence-corrected chi connectivity index (χ2v) is 12.5. The Morgan fingerprint density at radius 2 is 1.46 bits per heavy atom. The molecular formula is C28H26ClN3O7S2. The molecular weight excluding hydrogens is 590 g/mol. The number of methoxy groups -OCH3 is 2. The Morgan fingerprint density at radius 1 is 0.805 bits per heavy atom. The number of hydrogen-bond acceptors (Lipinski definition) is 7. The van der Waals surface area contributed by atoms with E-state index in [9.17, 15) is 21.6 Å². The van der Waals surface area contributed by atoms with Crippen molar-refractivity contribution in [3.05, 3.63) is 102 Å². The summed E-state index contributed by atoms with van der Waals surface area (Å²) < 4.78 is 66.7. The van der Waals surface area contributed by atoms with E-state index in [2.05, 4.69) is 10.0 Å². The SMILES string of the molecule is COc1ccc(OC)c(NS(=O)(=O)c2ccc(NC(=O)CN(c3ccc(Cl)cc3)S(=O)(=O)c3ccccc3)cc2)c1. The summed E-state index contributed by atoms with van der Waals surface area (Å²) in [6.07, 6.45) is 0. The van der Waals surface area contributed by atoms with Gasteiger partial charge in [-0.2, -0.15) is 0 Å². The Morgan fingerprint density at radius 3 is 2.07 bits per heavy atom. The molecule has 0 spiro atoms. The first kappa shape index (κ1) is 29.7. The second kappa shape index (κ2) is 12.5. The summed E-state index contributed by atoms with van der Waals surface area (Å²) in [5.74, 6) is 0.0896. The standard InChI is InChI=1S/C28H26ClN3O7S2/c1-38-23-14-17-27(39-2)26(18-23)31-40(34,35)24-15-10-21(11-16-24)30-28(33)19-32(22-12-8-20(29)9-13-22)41(36,37)25-6-4-3-5-7-25/h3-18,31H,19H2,1-2H3,(H,30,33). The van der Waals surface area contributed by atoms with Crippen LogP contribution in [0.4, 0.5) is 17.1 Å². The van der Waals surface area contributed by atoms with Gasteiger partial charge in [0.1, 0.15) is 18.0 Å². The molecule has 0 unspecified atom stereocenters. The monoisotopic (exact) mass is 615 g/mol. The fourth-order valence-electron chi connectivity index (χ4n) is 3.79.